The smallest absolute Gasteiger partial charge is 0.162 e. The van der Waals surface area contributed by atoms with Gasteiger partial charge in [-0.05, 0) is 18.4 Å². The highest BCUT2D eigenvalue weighted by Crippen LogP contribution is 2.08. The van der Waals surface area contributed by atoms with E-state index in [1.807, 2.05) is 30.3 Å². The molecule has 0 fully saturated rings. The summed E-state index contributed by atoms with van der Waals surface area (Å²) in [5.41, 5.74) is 3.40. The van der Waals surface area contributed by atoms with Crippen LogP contribution in [0.2, 0.25) is 0 Å². The maximum atomic E-state index is 11.9. The second-order valence-electron chi connectivity index (χ2n) is 4.63. The van der Waals surface area contributed by atoms with Crippen LogP contribution in [0.3, 0.4) is 0 Å². The molecule has 90 valence electrons. The second kappa shape index (κ2) is 6.20. The first-order chi connectivity index (χ1) is 8.75. The number of hydrogen-bond donors (Lipinski definition) is 0. The summed E-state index contributed by atoms with van der Waals surface area (Å²) in [7, 11) is 2.09. The van der Waals surface area contributed by atoms with Crippen molar-refractivity contribution in [2.24, 2.45) is 0 Å². The van der Waals surface area contributed by atoms with Crippen molar-refractivity contribution in [3.63, 3.8) is 0 Å². The highest BCUT2D eigenvalue weighted by Gasteiger charge is 2.04. The highest BCUT2D eigenvalue weighted by molar-refractivity contribution is 6.32. The Labute approximate surface area is 109 Å². The molecule has 0 saturated heterocycles. The molecule has 0 N–H and O–H groups in total. The lowest BCUT2D eigenvalue weighted by atomic mass is 9.94. The molecule has 2 heteroatoms. The maximum absolute atomic E-state index is 11.9. The molecule has 2 aromatic carbocycles. The van der Waals surface area contributed by atoms with Gasteiger partial charge in [0, 0.05) is 12.0 Å². The van der Waals surface area contributed by atoms with Crippen LogP contribution < -0.4 is 5.46 Å². The first-order valence-corrected chi connectivity index (χ1v) is 6.39. The van der Waals surface area contributed by atoms with E-state index in [2.05, 4.69) is 32.1 Å². The van der Waals surface area contributed by atoms with Crippen LogP contribution in [0.5, 0.6) is 0 Å². The van der Waals surface area contributed by atoms with E-state index in [9.17, 15) is 4.79 Å². The molecule has 0 aliphatic heterocycles. The van der Waals surface area contributed by atoms with E-state index in [0.29, 0.717) is 6.42 Å². The van der Waals surface area contributed by atoms with Gasteiger partial charge in [-0.25, -0.2) is 0 Å². The Hall–Kier alpha value is -1.83. The zero-order chi connectivity index (χ0) is 12.8. The van der Waals surface area contributed by atoms with E-state index in [4.69, 9.17) is 0 Å². The first-order valence-electron chi connectivity index (χ1n) is 6.39. The van der Waals surface area contributed by atoms with Gasteiger partial charge in [-0.2, -0.15) is 0 Å². The van der Waals surface area contributed by atoms with Crippen LogP contribution in [0.15, 0.2) is 54.6 Å². The van der Waals surface area contributed by atoms with Crippen LogP contribution in [0, 0.1) is 0 Å². The fourth-order valence-electron chi connectivity index (χ4n) is 1.98. The number of Topliss-reactive ketones (excluding diaryl/α,β-unsaturated/α-hetero) is 1. The van der Waals surface area contributed by atoms with Gasteiger partial charge >= 0.3 is 0 Å². The monoisotopic (exact) mass is 236 g/mol. The van der Waals surface area contributed by atoms with E-state index in [1.54, 1.807) is 0 Å². The molecule has 0 saturated carbocycles. The Morgan fingerprint density at radius 3 is 2.28 bits per heavy atom. The normalized spacial score (nSPS) is 10.2. The molecule has 0 amide bonds. The third-order valence-corrected chi connectivity index (χ3v) is 3.09. The predicted octanol–water partition coefficient (Wildman–Crippen LogP) is 2.15. The summed E-state index contributed by atoms with van der Waals surface area (Å²) in [6, 6.07) is 18.0. The number of carbonyl (C=O) groups excluding carboxylic acids is 1. The van der Waals surface area contributed by atoms with Crippen molar-refractivity contribution in [2.45, 2.75) is 19.3 Å². The minimum absolute atomic E-state index is 0.239. The molecule has 0 atom stereocenters. The van der Waals surface area contributed by atoms with Gasteiger partial charge in [-0.3, -0.25) is 4.79 Å². The third-order valence-electron chi connectivity index (χ3n) is 3.09. The van der Waals surface area contributed by atoms with Crippen molar-refractivity contribution in [3.8, 4) is 0 Å². The minimum atomic E-state index is 0.239. The highest BCUT2D eigenvalue weighted by atomic mass is 16.1. The Balaban J connectivity index is 1.82. The van der Waals surface area contributed by atoms with E-state index in [0.717, 1.165) is 18.4 Å². The SMILES string of the molecule is Bc1ccc(CCCC(=O)c2ccccc2)cc1. The molecule has 0 heterocycles. The average molecular weight is 236 g/mol. The molecule has 0 radical (unpaired) electrons. The van der Waals surface area contributed by atoms with Gasteiger partial charge < -0.3 is 0 Å². The van der Waals surface area contributed by atoms with E-state index in [1.165, 1.54) is 11.0 Å². The molecule has 0 unspecified atom stereocenters. The number of ketones is 1. The van der Waals surface area contributed by atoms with Gasteiger partial charge in [-0.15, -0.1) is 0 Å². The lowest BCUT2D eigenvalue weighted by molar-refractivity contribution is 0.0980. The van der Waals surface area contributed by atoms with Crippen molar-refractivity contribution in [3.05, 3.63) is 65.7 Å². The van der Waals surface area contributed by atoms with Crippen molar-refractivity contribution in [2.75, 3.05) is 0 Å². The van der Waals surface area contributed by atoms with Crippen LogP contribution in [-0.2, 0) is 6.42 Å². The largest absolute Gasteiger partial charge is 0.294 e. The predicted molar refractivity (Wildman–Crippen MR) is 78.3 cm³/mol. The van der Waals surface area contributed by atoms with Crippen LogP contribution >= 0.6 is 0 Å². The topological polar surface area (TPSA) is 17.1 Å². The van der Waals surface area contributed by atoms with Crippen LogP contribution in [0.25, 0.3) is 0 Å². The third kappa shape index (κ3) is 3.59. The molecular formula is C16H17BO. The standard InChI is InChI=1S/C16H17BO/c17-15-11-9-13(10-12-15)5-4-8-16(18)14-6-2-1-3-7-14/h1-3,6-7,9-12H,4-5,8,17H2. The molecule has 0 spiro atoms. The second-order valence-corrected chi connectivity index (χ2v) is 4.63. The summed E-state index contributed by atoms with van der Waals surface area (Å²) in [6.45, 7) is 0. The number of rotatable bonds is 5. The fourth-order valence-corrected chi connectivity index (χ4v) is 1.98. The van der Waals surface area contributed by atoms with Crippen LogP contribution in [-0.4, -0.2) is 13.6 Å². The quantitative estimate of drug-likeness (QED) is 0.574. The van der Waals surface area contributed by atoms with Crippen molar-refractivity contribution in [1.82, 2.24) is 0 Å². The fraction of sp³-hybridized carbons (Fsp3) is 0.188. The summed E-state index contributed by atoms with van der Waals surface area (Å²) in [4.78, 5) is 11.9. The summed E-state index contributed by atoms with van der Waals surface area (Å²) in [5, 5.41) is 0. The van der Waals surface area contributed by atoms with Crippen LogP contribution in [0.4, 0.5) is 0 Å². The van der Waals surface area contributed by atoms with Gasteiger partial charge in [-0.1, -0.05) is 60.1 Å². The number of aryl methyl sites for hydroxylation is 1. The molecule has 18 heavy (non-hydrogen) atoms. The molecule has 0 bridgehead atoms. The minimum Gasteiger partial charge on any atom is -0.294 e. The zero-order valence-electron chi connectivity index (χ0n) is 10.7. The summed E-state index contributed by atoms with van der Waals surface area (Å²) >= 11 is 0. The van der Waals surface area contributed by atoms with Gasteiger partial charge in [0.15, 0.2) is 5.78 Å². The van der Waals surface area contributed by atoms with E-state index >= 15 is 0 Å². The number of carbonyl (C=O) groups is 1. The molecule has 0 aliphatic rings. The molecule has 1 nitrogen and oxygen atoms in total. The number of benzene rings is 2. The van der Waals surface area contributed by atoms with Crippen LogP contribution in [0.1, 0.15) is 28.8 Å². The zero-order valence-corrected chi connectivity index (χ0v) is 10.7. The summed E-state index contributed by atoms with van der Waals surface area (Å²) in [6.07, 6.45) is 2.51. The van der Waals surface area contributed by atoms with Gasteiger partial charge in [0.05, 0.1) is 0 Å². The Morgan fingerprint density at radius 2 is 1.61 bits per heavy atom. The lowest BCUT2D eigenvalue weighted by Crippen LogP contribution is -2.02. The average Bonchev–Trinajstić information content (AvgIpc) is 2.42. The molecule has 2 aromatic rings. The Bertz CT molecular complexity index is 502. The maximum Gasteiger partial charge on any atom is 0.162 e. The molecular weight excluding hydrogens is 219 g/mol. The van der Waals surface area contributed by atoms with Gasteiger partial charge in [0.1, 0.15) is 7.85 Å². The Morgan fingerprint density at radius 1 is 0.944 bits per heavy atom. The molecule has 2 rings (SSSR count). The van der Waals surface area contributed by atoms with Crippen molar-refractivity contribution in [1.29, 1.82) is 0 Å². The van der Waals surface area contributed by atoms with Crippen molar-refractivity contribution < 1.29 is 4.79 Å². The van der Waals surface area contributed by atoms with Gasteiger partial charge in [0.2, 0.25) is 0 Å². The lowest BCUT2D eigenvalue weighted by Gasteiger charge is -2.02. The van der Waals surface area contributed by atoms with Gasteiger partial charge in [0.25, 0.3) is 0 Å². The van der Waals surface area contributed by atoms with E-state index in [-0.39, 0.29) is 5.78 Å². The Kier molecular flexibility index (Phi) is 4.35. The number of hydrogen-bond acceptors (Lipinski definition) is 1. The van der Waals surface area contributed by atoms with E-state index < -0.39 is 0 Å². The summed E-state index contributed by atoms with van der Waals surface area (Å²) < 4.78 is 0. The van der Waals surface area contributed by atoms with Crippen molar-refractivity contribution >= 4 is 19.1 Å². The molecule has 0 aliphatic carbocycles. The molecule has 0 aromatic heterocycles. The summed E-state index contributed by atoms with van der Waals surface area (Å²) in [5.74, 6) is 0.239. The first kappa shape index (κ1) is 12.6.